The summed E-state index contributed by atoms with van der Waals surface area (Å²) < 4.78 is 0. The number of likely N-dealkylation sites (N-methyl/N-ethyl adjacent to an activating group) is 2. The Bertz CT molecular complexity index is 290. The van der Waals surface area contributed by atoms with Gasteiger partial charge in [0.15, 0.2) is 0 Å². The number of hydrogen-bond acceptors (Lipinski definition) is 3. The van der Waals surface area contributed by atoms with Crippen LogP contribution in [0.1, 0.15) is 27.7 Å². The highest BCUT2D eigenvalue weighted by Crippen LogP contribution is 2.05. The third kappa shape index (κ3) is 6.22. The number of carbonyl (C=O) groups excluding carboxylic acids is 3. The number of urea groups is 1. The largest absolute Gasteiger partial charge is 0.349 e. The van der Waals surface area contributed by atoms with E-state index in [0.29, 0.717) is 6.54 Å². The maximum absolute atomic E-state index is 11.0. The summed E-state index contributed by atoms with van der Waals surface area (Å²) in [4.78, 5) is 36.1. The molecule has 1 saturated heterocycles. The third-order valence-corrected chi connectivity index (χ3v) is 2.18. The van der Waals surface area contributed by atoms with E-state index >= 15 is 0 Å². The number of nitrogens with zero attached hydrogens (tertiary/aromatic N) is 3. The average molecular weight is 259 g/mol. The van der Waals surface area contributed by atoms with Crippen LogP contribution in [0.2, 0.25) is 0 Å². The molecule has 0 unspecified atom stereocenters. The van der Waals surface area contributed by atoms with E-state index in [-0.39, 0.29) is 24.4 Å². The second kappa shape index (κ2) is 9.44. The number of hydrogen-bond donors (Lipinski definition) is 0. The van der Waals surface area contributed by atoms with E-state index < -0.39 is 0 Å². The Balaban J connectivity index is 0. The van der Waals surface area contributed by atoms with Gasteiger partial charge in [0.2, 0.25) is 11.8 Å². The fourth-order valence-electron chi connectivity index (χ4n) is 0.980. The molecule has 1 aliphatic heterocycles. The standard InChI is InChI=1S/C6H10N2O2.C4H9NO.C2H6/c1-3-8-5(9)4-7(2)6(8)10;1-4(6)5(2)3;1-2/h3-4H2,1-2H3;1-3H3;1-2H3. The molecule has 0 radical (unpaired) electrons. The van der Waals surface area contributed by atoms with Gasteiger partial charge in [-0.15, -0.1) is 0 Å². The molecular weight excluding hydrogens is 234 g/mol. The van der Waals surface area contributed by atoms with Gasteiger partial charge in [0, 0.05) is 34.6 Å². The number of amides is 4. The van der Waals surface area contributed by atoms with E-state index in [9.17, 15) is 14.4 Å². The van der Waals surface area contributed by atoms with Gasteiger partial charge in [-0.3, -0.25) is 14.5 Å². The van der Waals surface area contributed by atoms with Crippen LogP contribution in [0.5, 0.6) is 0 Å². The van der Waals surface area contributed by atoms with Gasteiger partial charge < -0.3 is 9.80 Å². The van der Waals surface area contributed by atoms with E-state index in [1.807, 2.05) is 13.8 Å². The lowest BCUT2D eigenvalue weighted by atomic mass is 10.5. The molecular formula is C12H25N3O3. The van der Waals surface area contributed by atoms with Gasteiger partial charge in [-0.25, -0.2) is 4.79 Å². The first-order valence-electron chi connectivity index (χ1n) is 6.04. The summed E-state index contributed by atoms with van der Waals surface area (Å²) >= 11 is 0. The summed E-state index contributed by atoms with van der Waals surface area (Å²) in [7, 11) is 5.07. The number of rotatable bonds is 1. The summed E-state index contributed by atoms with van der Waals surface area (Å²) in [5.74, 6) is -0.00926. The van der Waals surface area contributed by atoms with Gasteiger partial charge in [0.25, 0.3) is 0 Å². The molecule has 0 N–H and O–H groups in total. The molecule has 0 aromatic heterocycles. The van der Waals surface area contributed by atoms with Crippen LogP contribution in [-0.2, 0) is 9.59 Å². The first-order chi connectivity index (χ1) is 8.31. The Morgan fingerprint density at radius 2 is 1.67 bits per heavy atom. The van der Waals surface area contributed by atoms with Gasteiger partial charge in [-0.2, -0.15) is 0 Å². The molecule has 0 atom stereocenters. The Morgan fingerprint density at radius 1 is 1.28 bits per heavy atom. The minimum atomic E-state index is -0.187. The molecule has 0 bridgehead atoms. The smallest absolute Gasteiger partial charge is 0.326 e. The van der Waals surface area contributed by atoms with E-state index in [1.165, 1.54) is 21.6 Å². The quantitative estimate of drug-likeness (QED) is 0.661. The van der Waals surface area contributed by atoms with E-state index in [2.05, 4.69) is 0 Å². The highest BCUT2D eigenvalue weighted by molar-refractivity contribution is 6.01. The molecule has 1 heterocycles. The highest BCUT2D eigenvalue weighted by atomic mass is 16.2. The van der Waals surface area contributed by atoms with E-state index in [4.69, 9.17) is 0 Å². The summed E-state index contributed by atoms with van der Waals surface area (Å²) in [6.07, 6.45) is 0. The Labute approximate surface area is 110 Å². The van der Waals surface area contributed by atoms with Crippen molar-refractivity contribution in [2.24, 2.45) is 0 Å². The van der Waals surface area contributed by atoms with Crippen LogP contribution in [0.4, 0.5) is 4.79 Å². The summed E-state index contributed by atoms with van der Waals surface area (Å²) in [5.41, 5.74) is 0. The van der Waals surface area contributed by atoms with Crippen LogP contribution in [0, 0.1) is 0 Å². The fraction of sp³-hybridized carbons (Fsp3) is 0.750. The zero-order chi connectivity index (χ0) is 14.9. The molecule has 18 heavy (non-hydrogen) atoms. The lowest BCUT2D eigenvalue weighted by Crippen LogP contribution is -2.31. The van der Waals surface area contributed by atoms with E-state index in [0.717, 1.165) is 0 Å². The topological polar surface area (TPSA) is 60.9 Å². The molecule has 6 nitrogen and oxygen atoms in total. The predicted octanol–water partition coefficient (Wildman–Crippen LogP) is 1.02. The minimum Gasteiger partial charge on any atom is -0.349 e. The fourth-order valence-corrected chi connectivity index (χ4v) is 0.980. The van der Waals surface area contributed by atoms with E-state index in [1.54, 1.807) is 28.1 Å². The SMILES string of the molecule is CC.CC(=O)N(C)C.CCN1C(=O)CN(C)C1=O. The van der Waals surface area contributed by atoms with Gasteiger partial charge >= 0.3 is 6.03 Å². The number of carbonyl (C=O) groups is 3. The monoisotopic (exact) mass is 259 g/mol. The summed E-state index contributed by atoms with van der Waals surface area (Å²) in [6.45, 7) is 8.02. The second-order valence-electron chi connectivity index (χ2n) is 3.69. The van der Waals surface area contributed by atoms with Crippen molar-refractivity contribution in [1.29, 1.82) is 0 Å². The normalized spacial score (nSPS) is 13.5. The van der Waals surface area contributed by atoms with Crippen molar-refractivity contribution in [2.75, 3.05) is 34.2 Å². The Kier molecular flexibility index (Phi) is 9.84. The van der Waals surface area contributed by atoms with Crippen LogP contribution in [0.25, 0.3) is 0 Å². The van der Waals surface area contributed by atoms with Crippen LogP contribution >= 0.6 is 0 Å². The highest BCUT2D eigenvalue weighted by Gasteiger charge is 2.31. The zero-order valence-electron chi connectivity index (χ0n) is 12.5. The molecule has 0 aliphatic carbocycles. The lowest BCUT2D eigenvalue weighted by Gasteiger charge is -2.09. The third-order valence-electron chi connectivity index (χ3n) is 2.18. The van der Waals surface area contributed by atoms with Crippen molar-refractivity contribution in [3.8, 4) is 0 Å². The molecule has 6 heteroatoms. The molecule has 4 amide bonds. The number of imide groups is 1. The zero-order valence-corrected chi connectivity index (χ0v) is 12.5. The molecule has 0 spiro atoms. The van der Waals surface area contributed by atoms with Crippen molar-refractivity contribution >= 4 is 17.8 Å². The molecule has 0 aromatic rings. The summed E-state index contributed by atoms with van der Waals surface area (Å²) in [5, 5.41) is 0. The van der Waals surface area contributed by atoms with Crippen molar-refractivity contribution in [3.05, 3.63) is 0 Å². The summed E-state index contributed by atoms with van der Waals surface area (Å²) in [6, 6.07) is -0.187. The Hall–Kier alpha value is -1.59. The van der Waals surface area contributed by atoms with Crippen molar-refractivity contribution in [1.82, 2.24) is 14.7 Å². The maximum Gasteiger partial charge on any atom is 0.326 e. The Morgan fingerprint density at radius 3 is 1.78 bits per heavy atom. The molecule has 0 aromatic carbocycles. The molecule has 1 aliphatic rings. The minimum absolute atomic E-state index is 0.0926. The van der Waals surface area contributed by atoms with Crippen LogP contribution < -0.4 is 0 Å². The van der Waals surface area contributed by atoms with Gasteiger partial charge in [-0.1, -0.05) is 13.8 Å². The van der Waals surface area contributed by atoms with Crippen molar-refractivity contribution in [3.63, 3.8) is 0 Å². The average Bonchev–Trinajstić information content (AvgIpc) is 2.56. The first-order valence-corrected chi connectivity index (χ1v) is 6.04. The molecule has 1 rings (SSSR count). The van der Waals surface area contributed by atoms with Crippen LogP contribution in [-0.4, -0.2) is 66.8 Å². The molecule has 0 saturated carbocycles. The maximum atomic E-state index is 11.0. The van der Waals surface area contributed by atoms with Gasteiger partial charge in [-0.05, 0) is 6.92 Å². The van der Waals surface area contributed by atoms with Crippen LogP contribution in [0.15, 0.2) is 0 Å². The lowest BCUT2D eigenvalue weighted by molar-refractivity contribution is -0.126. The molecule has 106 valence electrons. The first kappa shape index (κ1) is 18.8. The van der Waals surface area contributed by atoms with Gasteiger partial charge in [0.05, 0.1) is 0 Å². The van der Waals surface area contributed by atoms with Crippen molar-refractivity contribution in [2.45, 2.75) is 27.7 Å². The van der Waals surface area contributed by atoms with Crippen LogP contribution in [0.3, 0.4) is 0 Å². The van der Waals surface area contributed by atoms with Gasteiger partial charge in [0.1, 0.15) is 6.54 Å². The van der Waals surface area contributed by atoms with Crippen molar-refractivity contribution < 1.29 is 14.4 Å². The second-order valence-corrected chi connectivity index (χ2v) is 3.69. The molecule has 1 fully saturated rings. The predicted molar refractivity (Wildman–Crippen MR) is 71.1 cm³/mol.